The van der Waals surface area contributed by atoms with Gasteiger partial charge in [-0.2, -0.15) is 0 Å². The van der Waals surface area contributed by atoms with Crippen LogP contribution < -0.4 is 15.8 Å². The van der Waals surface area contributed by atoms with E-state index in [4.69, 9.17) is 4.42 Å². The first-order valence-electron chi connectivity index (χ1n) is 9.57. The zero-order valence-corrected chi connectivity index (χ0v) is 16.1. The molecule has 3 aromatic heterocycles. The Morgan fingerprint density at radius 3 is 2.93 bits per heavy atom. The molecule has 7 nitrogen and oxygen atoms in total. The fourth-order valence-electron chi connectivity index (χ4n) is 3.84. The molecule has 0 aliphatic carbocycles. The van der Waals surface area contributed by atoms with E-state index in [-0.39, 0.29) is 11.1 Å². The number of piperazine rings is 1. The Balaban J connectivity index is 1.58. The Morgan fingerprint density at radius 1 is 1.24 bits per heavy atom. The molecule has 0 spiro atoms. The number of aromatic nitrogens is 3. The Kier molecular flexibility index (Phi) is 4.09. The van der Waals surface area contributed by atoms with E-state index in [1.807, 2.05) is 18.3 Å². The summed E-state index contributed by atoms with van der Waals surface area (Å²) in [5.74, 6) is -0.114. The first kappa shape index (κ1) is 17.8. The van der Waals surface area contributed by atoms with E-state index in [1.165, 1.54) is 16.5 Å². The Morgan fingerprint density at radius 2 is 2.10 bits per heavy atom. The van der Waals surface area contributed by atoms with Gasteiger partial charge in [-0.05, 0) is 31.2 Å². The third-order valence-corrected chi connectivity index (χ3v) is 5.23. The molecule has 29 heavy (non-hydrogen) atoms. The van der Waals surface area contributed by atoms with E-state index in [9.17, 15) is 9.18 Å². The monoisotopic (exact) mass is 393 g/mol. The van der Waals surface area contributed by atoms with Gasteiger partial charge in [0.05, 0.1) is 11.4 Å². The van der Waals surface area contributed by atoms with Crippen LogP contribution in [-0.2, 0) is 0 Å². The molecule has 0 radical (unpaired) electrons. The van der Waals surface area contributed by atoms with Gasteiger partial charge in [0.15, 0.2) is 17.3 Å². The number of anilines is 1. The Bertz CT molecular complexity index is 1300. The fraction of sp³-hybridized carbons (Fsp3) is 0.286. The van der Waals surface area contributed by atoms with Crippen LogP contribution in [0.15, 0.2) is 45.7 Å². The molecule has 0 bridgehead atoms. The van der Waals surface area contributed by atoms with Crippen molar-refractivity contribution in [1.29, 1.82) is 0 Å². The SMILES string of the molecule is Cc1nc2c(F)cc(-c3cc(=O)n4cc(N5CCN[C@@H](C)C5)ccc4n3)cc2o1. The molecule has 148 valence electrons. The minimum Gasteiger partial charge on any atom is -0.441 e. The quantitative estimate of drug-likeness (QED) is 0.564. The predicted octanol–water partition coefficient (Wildman–Crippen LogP) is 2.75. The van der Waals surface area contributed by atoms with Crippen LogP contribution in [0.1, 0.15) is 12.8 Å². The van der Waals surface area contributed by atoms with Gasteiger partial charge in [0.1, 0.15) is 11.2 Å². The average molecular weight is 393 g/mol. The summed E-state index contributed by atoms with van der Waals surface area (Å²) in [6.07, 6.45) is 1.82. The van der Waals surface area contributed by atoms with Crippen molar-refractivity contribution >= 4 is 22.4 Å². The number of fused-ring (bicyclic) bond motifs is 2. The van der Waals surface area contributed by atoms with Crippen LogP contribution in [0.2, 0.25) is 0 Å². The number of aryl methyl sites for hydroxylation is 1. The number of hydrogen-bond donors (Lipinski definition) is 1. The number of nitrogens with one attached hydrogen (secondary N) is 1. The maximum Gasteiger partial charge on any atom is 0.258 e. The molecule has 1 aromatic carbocycles. The van der Waals surface area contributed by atoms with Crippen LogP contribution in [0.4, 0.5) is 10.1 Å². The summed E-state index contributed by atoms with van der Waals surface area (Å²) in [5, 5.41) is 3.41. The second-order valence-electron chi connectivity index (χ2n) is 7.43. The van der Waals surface area contributed by atoms with E-state index in [0.29, 0.717) is 34.4 Å². The lowest BCUT2D eigenvalue weighted by atomic mass is 10.1. The lowest BCUT2D eigenvalue weighted by molar-refractivity contribution is 0.484. The van der Waals surface area contributed by atoms with Crippen molar-refractivity contribution in [2.24, 2.45) is 0 Å². The maximum absolute atomic E-state index is 14.4. The highest BCUT2D eigenvalue weighted by Gasteiger charge is 2.17. The molecule has 8 heteroatoms. The van der Waals surface area contributed by atoms with Crippen LogP contribution >= 0.6 is 0 Å². The topological polar surface area (TPSA) is 75.7 Å². The summed E-state index contributed by atoms with van der Waals surface area (Å²) < 4.78 is 21.4. The molecule has 4 heterocycles. The Hall–Kier alpha value is -3.26. The van der Waals surface area contributed by atoms with Crippen LogP contribution in [-0.4, -0.2) is 40.0 Å². The van der Waals surface area contributed by atoms with E-state index in [2.05, 4.69) is 27.1 Å². The maximum atomic E-state index is 14.4. The Labute approximate surface area is 165 Å². The second kappa shape index (κ2) is 6.66. The molecule has 1 atom stereocenters. The zero-order chi connectivity index (χ0) is 20.1. The van der Waals surface area contributed by atoms with Gasteiger partial charge in [-0.25, -0.2) is 14.4 Å². The molecule has 0 saturated carbocycles. The molecule has 0 amide bonds. The van der Waals surface area contributed by atoms with Gasteiger partial charge in [-0.15, -0.1) is 0 Å². The van der Waals surface area contributed by atoms with E-state index in [0.717, 1.165) is 25.3 Å². The third-order valence-electron chi connectivity index (χ3n) is 5.23. The molecule has 1 N–H and O–H groups in total. The lowest BCUT2D eigenvalue weighted by Crippen LogP contribution is -2.49. The van der Waals surface area contributed by atoms with Gasteiger partial charge in [0.25, 0.3) is 5.56 Å². The van der Waals surface area contributed by atoms with Crippen molar-refractivity contribution in [3.05, 3.63) is 58.6 Å². The summed E-state index contributed by atoms with van der Waals surface area (Å²) in [6.45, 7) is 6.46. The van der Waals surface area contributed by atoms with Crippen LogP contribution in [0.25, 0.3) is 28.0 Å². The first-order chi connectivity index (χ1) is 14.0. The van der Waals surface area contributed by atoms with Crippen molar-refractivity contribution in [2.45, 2.75) is 19.9 Å². The number of rotatable bonds is 2. The summed E-state index contributed by atoms with van der Waals surface area (Å²) in [7, 11) is 0. The van der Waals surface area contributed by atoms with Gasteiger partial charge in [-0.3, -0.25) is 9.20 Å². The van der Waals surface area contributed by atoms with Crippen molar-refractivity contribution < 1.29 is 8.81 Å². The van der Waals surface area contributed by atoms with Gasteiger partial charge in [-0.1, -0.05) is 0 Å². The summed E-state index contributed by atoms with van der Waals surface area (Å²) >= 11 is 0. The number of oxazole rings is 1. The highest BCUT2D eigenvalue weighted by molar-refractivity contribution is 5.80. The van der Waals surface area contributed by atoms with Crippen LogP contribution in [0.3, 0.4) is 0 Å². The van der Waals surface area contributed by atoms with Crippen LogP contribution in [0, 0.1) is 12.7 Å². The number of benzene rings is 1. The minimum atomic E-state index is -0.500. The number of pyridine rings is 1. The molecule has 5 rings (SSSR count). The lowest BCUT2D eigenvalue weighted by Gasteiger charge is -2.33. The minimum absolute atomic E-state index is 0.179. The van der Waals surface area contributed by atoms with Crippen molar-refractivity contribution in [2.75, 3.05) is 24.5 Å². The molecule has 1 aliphatic heterocycles. The fourth-order valence-corrected chi connectivity index (χ4v) is 3.84. The predicted molar refractivity (Wildman–Crippen MR) is 109 cm³/mol. The number of halogens is 1. The van der Waals surface area contributed by atoms with Gasteiger partial charge >= 0.3 is 0 Å². The number of nitrogens with zero attached hydrogens (tertiary/aromatic N) is 4. The van der Waals surface area contributed by atoms with E-state index >= 15 is 0 Å². The standard InChI is InChI=1S/C21H20FN5O2/c1-12-10-26(6-5-23-12)15-3-4-19-25-17(9-20(28)27(19)11-15)14-7-16(22)21-18(8-14)29-13(2)24-21/h3-4,7-9,11-12,23H,5-6,10H2,1-2H3/t12-/m0/s1. The molecular formula is C21H20FN5O2. The highest BCUT2D eigenvalue weighted by atomic mass is 19.1. The van der Waals surface area contributed by atoms with E-state index in [1.54, 1.807) is 13.0 Å². The average Bonchev–Trinajstić information content (AvgIpc) is 3.08. The van der Waals surface area contributed by atoms with Gasteiger partial charge < -0.3 is 14.6 Å². The largest absolute Gasteiger partial charge is 0.441 e. The molecule has 1 aliphatic rings. The first-order valence-corrected chi connectivity index (χ1v) is 9.57. The van der Waals surface area contributed by atoms with E-state index < -0.39 is 5.82 Å². The molecule has 1 saturated heterocycles. The van der Waals surface area contributed by atoms with Crippen molar-refractivity contribution in [3.8, 4) is 11.3 Å². The zero-order valence-electron chi connectivity index (χ0n) is 16.1. The summed E-state index contributed by atoms with van der Waals surface area (Å²) in [4.78, 5) is 23.6. The smallest absolute Gasteiger partial charge is 0.258 e. The van der Waals surface area contributed by atoms with Crippen LogP contribution in [0.5, 0.6) is 0 Å². The third kappa shape index (κ3) is 3.15. The number of hydrogen-bond acceptors (Lipinski definition) is 6. The molecule has 1 fully saturated rings. The highest BCUT2D eigenvalue weighted by Crippen LogP contribution is 2.26. The summed E-state index contributed by atoms with van der Waals surface area (Å²) in [5.41, 5.74) is 2.66. The summed E-state index contributed by atoms with van der Waals surface area (Å²) in [6, 6.07) is 8.59. The molecule has 0 unspecified atom stereocenters. The van der Waals surface area contributed by atoms with Gasteiger partial charge in [0.2, 0.25) is 0 Å². The normalized spacial score (nSPS) is 17.3. The molecule has 4 aromatic rings. The van der Waals surface area contributed by atoms with Crippen molar-refractivity contribution in [3.63, 3.8) is 0 Å². The molecular weight excluding hydrogens is 373 g/mol. The van der Waals surface area contributed by atoms with Crippen molar-refractivity contribution in [1.82, 2.24) is 19.7 Å². The second-order valence-corrected chi connectivity index (χ2v) is 7.43. The van der Waals surface area contributed by atoms with Gasteiger partial charge in [0, 0.05) is 50.4 Å².